The van der Waals surface area contributed by atoms with Crippen LogP contribution in [0.5, 0.6) is 0 Å². The molecule has 0 fully saturated rings. The van der Waals surface area contributed by atoms with Crippen LogP contribution in [-0.2, 0) is 11.2 Å². The fraction of sp³-hybridized carbons (Fsp3) is 0.611. The molecular weight excluding hydrogens is 276 g/mol. The fourth-order valence-electron chi connectivity index (χ4n) is 2.22. The zero-order valence-corrected chi connectivity index (χ0v) is 14.2. The van der Waals surface area contributed by atoms with E-state index in [9.17, 15) is 4.79 Å². The molecule has 4 heteroatoms. The minimum absolute atomic E-state index is 0.0153. The first-order chi connectivity index (χ1) is 10.5. The number of carbonyl (C=O) groups excluding carboxylic acids is 1. The number of nitrogens with one attached hydrogen (secondary N) is 2. The highest BCUT2D eigenvalue weighted by Gasteiger charge is 2.11. The Kier molecular flexibility index (Phi) is 7.96. The monoisotopic (exact) mass is 306 g/mol. The second-order valence-electron chi connectivity index (χ2n) is 6.05. The molecule has 1 amide bonds. The van der Waals surface area contributed by atoms with Crippen LogP contribution in [0.4, 0.5) is 5.69 Å². The number of rotatable bonds is 9. The van der Waals surface area contributed by atoms with Gasteiger partial charge in [-0.25, -0.2) is 0 Å². The molecule has 124 valence electrons. The van der Waals surface area contributed by atoms with E-state index in [0.717, 1.165) is 24.1 Å². The highest BCUT2D eigenvalue weighted by molar-refractivity contribution is 5.79. The maximum Gasteiger partial charge on any atom is 0.224 e. The summed E-state index contributed by atoms with van der Waals surface area (Å²) < 4.78 is 0. The quantitative estimate of drug-likeness (QED) is 0.657. The molecular formula is C18H30N2O2. The molecule has 1 aromatic rings. The van der Waals surface area contributed by atoms with E-state index in [1.807, 2.05) is 31.2 Å². The van der Waals surface area contributed by atoms with Crippen LogP contribution >= 0.6 is 0 Å². The van der Waals surface area contributed by atoms with Gasteiger partial charge in [0.15, 0.2) is 0 Å². The van der Waals surface area contributed by atoms with E-state index in [1.165, 1.54) is 0 Å². The number of anilines is 1. The third-order valence-electron chi connectivity index (χ3n) is 4.29. The van der Waals surface area contributed by atoms with Gasteiger partial charge in [0.05, 0.1) is 19.1 Å². The maximum atomic E-state index is 11.9. The number of amides is 1. The molecule has 0 radical (unpaired) electrons. The molecule has 1 rings (SSSR count). The number of hydrogen-bond donors (Lipinski definition) is 3. The van der Waals surface area contributed by atoms with E-state index in [2.05, 4.69) is 31.4 Å². The fourth-order valence-corrected chi connectivity index (χ4v) is 2.22. The molecule has 3 N–H and O–H groups in total. The lowest BCUT2D eigenvalue weighted by molar-refractivity contribution is -0.121. The van der Waals surface area contributed by atoms with Crippen molar-refractivity contribution in [1.82, 2.24) is 5.32 Å². The van der Waals surface area contributed by atoms with Gasteiger partial charge in [-0.05, 0) is 37.0 Å². The summed E-state index contributed by atoms with van der Waals surface area (Å²) >= 11 is 0. The van der Waals surface area contributed by atoms with Crippen molar-refractivity contribution in [3.05, 3.63) is 29.8 Å². The van der Waals surface area contributed by atoms with Crippen molar-refractivity contribution >= 4 is 11.6 Å². The van der Waals surface area contributed by atoms with Crippen LogP contribution in [0.2, 0.25) is 0 Å². The Morgan fingerprint density at radius 1 is 1.14 bits per heavy atom. The predicted octanol–water partition coefficient (Wildman–Crippen LogP) is 2.96. The van der Waals surface area contributed by atoms with E-state index in [4.69, 9.17) is 5.11 Å². The average Bonchev–Trinajstić information content (AvgIpc) is 2.53. The van der Waals surface area contributed by atoms with Crippen LogP contribution in [0.25, 0.3) is 0 Å². The average molecular weight is 306 g/mol. The Morgan fingerprint density at radius 2 is 1.77 bits per heavy atom. The Bertz CT molecular complexity index is 441. The van der Waals surface area contributed by atoms with Gasteiger partial charge in [-0.15, -0.1) is 0 Å². The van der Waals surface area contributed by atoms with Gasteiger partial charge < -0.3 is 15.7 Å². The zero-order valence-electron chi connectivity index (χ0n) is 14.2. The molecule has 0 heterocycles. The van der Waals surface area contributed by atoms with Gasteiger partial charge in [0.1, 0.15) is 0 Å². The van der Waals surface area contributed by atoms with Crippen LogP contribution in [0, 0.1) is 5.92 Å². The van der Waals surface area contributed by atoms with Crippen molar-refractivity contribution < 1.29 is 9.90 Å². The number of carbonyl (C=O) groups is 1. The van der Waals surface area contributed by atoms with Crippen molar-refractivity contribution in [3.63, 3.8) is 0 Å². The number of hydrogen-bond acceptors (Lipinski definition) is 3. The lowest BCUT2D eigenvalue weighted by atomic mass is 10.0. The summed E-state index contributed by atoms with van der Waals surface area (Å²) in [6.45, 7) is 8.55. The topological polar surface area (TPSA) is 61.4 Å². The molecule has 0 saturated carbocycles. The normalized spacial score (nSPS) is 15.0. The lowest BCUT2D eigenvalue weighted by Crippen LogP contribution is -2.37. The minimum Gasteiger partial charge on any atom is -0.394 e. The first-order valence-corrected chi connectivity index (χ1v) is 8.25. The molecule has 0 aliphatic carbocycles. The van der Waals surface area contributed by atoms with Gasteiger partial charge in [0.25, 0.3) is 0 Å². The molecule has 0 spiro atoms. The molecule has 3 atom stereocenters. The van der Waals surface area contributed by atoms with Gasteiger partial charge >= 0.3 is 0 Å². The van der Waals surface area contributed by atoms with E-state index in [-0.39, 0.29) is 18.6 Å². The van der Waals surface area contributed by atoms with Crippen LogP contribution in [-0.4, -0.2) is 29.7 Å². The van der Waals surface area contributed by atoms with Crippen LogP contribution in [0.1, 0.15) is 46.1 Å². The van der Waals surface area contributed by atoms with E-state index < -0.39 is 0 Å². The Hall–Kier alpha value is -1.55. The second-order valence-corrected chi connectivity index (χ2v) is 6.05. The van der Waals surface area contributed by atoms with Crippen LogP contribution in [0.15, 0.2) is 24.3 Å². The van der Waals surface area contributed by atoms with Gasteiger partial charge in [-0.3, -0.25) is 4.79 Å². The van der Waals surface area contributed by atoms with Gasteiger partial charge in [-0.1, -0.05) is 39.3 Å². The molecule has 4 nitrogen and oxygen atoms in total. The Balaban J connectivity index is 2.52. The Morgan fingerprint density at radius 3 is 2.27 bits per heavy atom. The van der Waals surface area contributed by atoms with Gasteiger partial charge in [-0.2, -0.15) is 0 Å². The van der Waals surface area contributed by atoms with Crippen LogP contribution in [0.3, 0.4) is 0 Å². The molecule has 0 saturated heterocycles. The third-order valence-corrected chi connectivity index (χ3v) is 4.29. The summed E-state index contributed by atoms with van der Waals surface area (Å²) in [4.78, 5) is 11.9. The largest absolute Gasteiger partial charge is 0.394 e. The minimum atomic E-state index is -0.148. The lowest BCUT2D eigenvalue weighted by Gasteiger charge is -2.21. The molecule has 0 aliphatic heterocycles. The summed E-state index contributed by atoms with van der Waals surface area (Å²) in [6, 6.07) is 8.27. The summed E-state index contributed by atoms with van der Waals surface area (Å²) in [5.74, 6) is 0.574. The first-order valence-electron chi connectivity index (χ1n) is 8.25. The maximum absolute atomic E-state index is 11.9. The molecule has 0 bridgehead atoms. The molecule has 1 aromatic carbocycles. The first kappa shape index (κ1) is 18.5. The Labute approximate surface area is 134 Å². The standard InChI is InChI=1S/C18H30N2O2/c1-5-13(3)14(4)19-17-9-7-15(8-10-17)11-18(22)20-16(6-2)12-21/h7-10,13-14,16,19,21H,5-6,11-12H2,1-4H3,(H,20,22). The van der Waals surface area contributed by atoms with Crippen molar-refractivity contribution in [2.45, 2.75) is 59.0 Å². The smallest absolute Gasteiger partial charge is 0.224 e. The summed E-state index contributed by atoms with van der Waals surface area (Å²) in [7, 11) is 0. The molecule has 22 heavy (non-hydrogen) atoms. The van der Waals surface area contributed by atoms with Crippen molar-refractivity contribution in [3.8, 4) is 0 Å². The summed E-state index contributed by atoms with van der Waals surface area (Å²) in [5.41, 5.74) is 2.06. The second kappa shape index (κ2) is 9.46. The van der Waals surface area contributed by atoms with E-state index in [1.54, 1.807) is 0 Å². The van der Waals surface area contributed by atoms with E-state index >= 15 is 0 Å². The van der Waals surface area contributed by atoms with Crippen molar-refractivity contribution in [2.75, 3.05) is 11.9 Å². The van der Waals surface area contributed by atoms with E-state index in [0.29, 0.717) is 18.4 Å². The van der Waals surface area contributed by atoms with Gasteiger partial charge in [0.2, 0.25) is 5.91 Å². The van der Waals surface area contributed by atoms with Gasteiger partial charge in [0, 0.05) is 11.7 Å². The SMILES string of the molecule is CCC(CO)NC(=O)Cc1ccc(NC(C)C(C)CC)cc1. The third kappa shape index (κ3) is 6.06. The summed E-state index contributed by atoms with van der Waals surface area (Å²) in [6.07, 6.45) is 2.23. The number of benzene rings is 1. The molecule has 3 unspecified atom stereocenters. The molecule has 0 aromatic heterocycles. The molecule has 0 aliphatic rings. The van der Waals surface area contributed by atoms with Crippen molar-refractivity contribution in [1.29, 1.82) is 0 Å². The van der Waals surface area contributed by atoms with Crippen LogP contribution < -0.4 is 10.6 Å². The zero-order chi connectivity index (χ0) is 16.5. The highest BCUT2D eigenvalue weighted by Crippen LogP contribution is 2.16. The van der Waals surface area contributed by atoms with Crippen molar-refractivity contribution in [2.24, 2.45) is 5.92 Å². The number of aliphatic hydroxyl groups is 1. The predicted molar refractivity (Wildman–Crippen MR) is 92.0 cm³/mol. The number of aliphatic hydroxyl groups excluding tert-OH is 1. The summed E-state index contributed by atoms with van der Waals surface area (Å²) in [5, 5.41) is 15.4. The highest BCUT2D eigenvalue weighted by atomic mass is 16.3.